The molecule has 0 spiro atoms. The van der Waals surface area contributed by atoms with E-state index < -0.39 is 0 Å². The average Bonchev–Trinajstić information content (AvgIpc) is 3.12. The number of hydrogen-bond acceptors (Lipinski definition) is 4. The Bertz CT molecular complexity index is 1020. The van der Waals surface area contributed by atoms with Gasteiger partial charge in [-0.05, 0) is 31.2 Å². The van der Waals surface area contributed by atoms with Gasteiger partial charge in [-0.1, -0.05) is 42.5 Å². The van der Waals surface area contributed by atoms with Gasteiger partial charge in [0.05, 0.1) is 6.54 Å². The number of piperazine rings is 1. The van der Waals surface area contributed by atoms with Crippen LogP contribution in [0.15, 0.2) is 57.9 Å². The van der Waals surface area contributed by atoms with E-state index in [1.54, 1.807) is 7.05 Å². The van der Waals surface area contributed by atoms with Crippen LogP contribution >= 0.6 is 0 Å². The van der Waals surface area contributed by atoms with Gasteiger partial charge < -0.3 is 20.0 Å². The highest BCUT2D eigenvalue weighted by molar-refractivity contribution is 5.82. The molecule has 1 fully saturated rings. The van der Waals surface area contributed by atoms with Crippen molar-refractivity contribution in [3.8, 4) is 0 Å². The lowest BCUT2D eigenvalue weighted by molar-refractivity contribution is 0.148. The van der Waals surface area contributed by atoms with Gasteiger partial charge in [-0.15, -0.1) is 0 Å². The van der Waals surface area contributed by atoms with Crippen molar-refractivity contribution in [2.45, 2.75) is 26.6 Å². The highest BCUT2D eigenvalue weighted by atomic mass is 16.3. The summed E-state index contributed by atoms with van der Waals surface area (Å²) < 4.78 is 5.99. The second-order valence-electron chi connectivity index (χ2n) is 8.32. The Morgan fingerprint density at radius 2 is 1.61 bits per heavy atom. The average molecular weight is 420 g/mol. The molecule has 1 aliphatic heterocycles. The minimum absolute atomic E-state index is 0.601. The summed E-state index contributed by atoms with van der Waals surface area (Å²) in [6.45, 7) is 9.06. The molecule has 3 aromatic rings. The van der Waals surface area contributed by atoms with Crippen LogP contribution in [0.25, 0.3) is 11.0 Å². The van der Waals surface area contributed by atoms with Crippen molar-refractivity contribution < 1.29 is 4.42 Å². The van der Waals surface area contributed by atoms with Crippen LogP contribution in [0.3, 0.4) is 0 Å². The smallest absolute Gasteiger partial charge is 0.191 e. The van der Waals surface area contributed by atoms with Crippen LogP contribution in [0.2, 0.25) is 0 Å². The van der Waals surface area contributed by atoms with Gasteiger partial charge in [-0.25, -0.2) is 0 Å². The third kappa shape index (κ3) is 5.46. The summed E-state index contributed by atoms with van der Waals surface area (Å²) >= 11 is 0. The fourth-order valence-electron chi connectivity index (χ4n) is 3.99. The van der Waals surface area contributed by atoms with E-state index in [1.165, 1.54) is 22.1 Å². The summed E-state index contributed by atoms with van der Waals surface area (Å²) in [6.07, 6.45) is 0. The Morgan fingerprint density at radius 1 is 0.935 bits per heavy atom. The molecule has 0 aliphatic carbocycles. The number of benzene rings is 2. The summed E-state index contributed by atoms with van der Waals surface area (Å²) in [5.74, 6) is 1.71. The first-order valence-electron chi connectivity index (χ1n) is 11.0. The van der Waals surface area contributed by atoms with Crippen molar-refractivity contribution in [1.29, 1.82) is 0 Å². The van der Waals surface area contributed by atoms with Crippen LogP contribution in [0.5, 0.6) is 0 Å². The SMILES string of the molecule is CN=C(NCc1ccc(CN2CCN(C)CC2)cc1)NCc1oc2ccccc2c1C. The normalized spacial score (nSPS) is 16.0. The first-order valence-corrected chi connectivity index (χ1v) is 11.0. The molecule has 0 amide bonds. The molecule has 0 radical (unpaired) electrons. The number of hydrogen-bond donors (Lipinski definition) is 2. The molecule has 31 heavy (non-hydrogen) atoms. The lowest BCUT2D eigenvalue weighted by atomic mass is 10.1. The molecule has 1 aliphatic rings. The molecule has 6 nitrogen and oxygen atoms in total. The number of para-hydroxylation sites is 1. The Morgan fingerprint density at radius 3 is 2.32 bits per heavy atom. The minimum atomic E-state index is 0.601. The van der Waals surface area contributed by atoms with E-state index >= 15 is 0 Å². The van der Waals surface area contributed by atoms with E-state index in [4.69, 9.17) is 4.42 Å². The molecule has 6 heteroatoms. The monoisotopic (exact) mass is 419 g/mol. The van der Waals surface area contributed by atoms with E-state index in [-0.39, 0.29) is 0 Å². The summed E-state index contributed by atoms with van der Waals surface area (Å²) in [6, 6.07) is 17.0. The number of furan rings is 1. The molecule has 1 aromatic heterocycles. The molecule has 2 N–H and O–H groups in total. The topological polar surface area (TPSA) is 56.0 Å². The van der Waals surface area contributed by atoms with Crippen LogP contribution < -0.4 is 10.6 Å². The third-order valence-electron chi connectivity index (χ3n) is 6.07. The van der Waals surface area contributed by atoms with Crippen molar-refractivity contribution in [1.82, 2.24) is 20.4 Å². The van der Waals surface area contributed by atoms with E-state index in [2.05, 4.69) is 69.7 Å². The lowest BCUT2D eigenvalue weighted by Crippen LogP contribution is -2.43. The number of nitrogens with one attached hydrogen (secondary N) is 2. The molecule has 0 saturated carbocycles. The number of aliphatic imine (C=N–C) groups is 1. The molecule has 0 atom stereocenters. The molecule has 1 saturated heterocycles. The second kappa shape index (κ2) is 9.98. The maximum absolute atomic E-state index is 5.99. The standard InChI is InChI=1S/C25H33N5O/c1-19-22-6-4-5-7-23(22)31-24(19)17-28-25(26-2)27-16-20-8-10-21(11-9-20)18-30-14-12-29(3)13-15-30/h4-11H,12-18H2,1-3H3,(H2,26,27,28). The minimum Gasteiger partial charge on any atom is -0.459 e. The Labute approximate surface area is 184 Å². The zero-order valence-corrected chi connectivity index (χ0v) is 18.8. The van der Waals surface area contributed by atoms with Gasteiger partial charge in [-0.2, -0.15) is 0 Å². The third-order valence-corrected chi connectivity index (χ3v) is 6.07. The molecular weight excluding hydrogens is 386 g/mol. The van der Waals surface area contributed by atoms with Gasteiger partial charge in [-0.3, -0.25) is 9.89 Å². The number of likely N-dealkylation sites (N-methyl/N-ethyl adjacent to an activating group) is 1. The number of fused-ring (bicyclic) bond motifs is 1. The Hall–Kier alpha value is -2.83. The maximum atomic E-state index is 5.99. The lowest BCUT2D eigenvalue weighted by Gasteiger charge is -2.32. The first-order chi connectivity index (χ1) is 15.1. The van der Waals surface area contributed by atoms with Crippen molar-refractivity contribution in [3.05, 3.63) is 71.0 Å². The molecule has 0 bridgehead atoms. The number of nitrogens with zero attached hydrogens (tertiary/aromatic N) is 3. The zero-order chi connectivity index (χ0) is 21.6. The van der Waals surface area contributed by atoms with Crippen LogP contribution in [-0.4, -0.2) is 56.0 Å². The predicted molar refractivity (Wildman–Crippen MR) is 127 cm³/mol. The maximum Gasteiger partial charge on any atom is 0.191 e. The Balaban J connectivity index is 1.27. The fraction of sp³-hybridized carbons (Fsp3) is 0.400. The van der Waals surface area contributed by atoms with Crippen LogP contribution in [-0.2, 0) is 19.6 Å². The summed E-state index contributed by atoms with van der Waals surface area (Å²) in [5, 5.41) is 7.92. The quantitative estimate of drug-likeness (QED) is 0.474. The van der Waals surface area contributed by atoms with Gasteiger partial charge in [0, 0.05) is 57.3 Å². The molecule has 164 valence electrons. The molecule has 2 heterocycles. The molecule has 4 rings (SSSR count). The summed E-state index contributed by atoms with van der Waals surface area (Å²) in [5.41, 5.74) is 4.71. The summed E-state index contributed by atoms with van der Waals surface area (Å²) in [4.78, 5) is 9.26. The molecular formula is C25H33N5O. The predicted octanol–water partition coefficient (Wildman–Crippen LogP) is 3.35. The van der Waals surface area contributed by atoms with Crippen LogP contribution in [0.4, 0.5) is 0 Å². The van der Waals surface area contributed by atoms with Gasteiger partial charge in [0.15, 0.2) is 5.96 Å². The zero-order valence-electron chi connectivity index (χ0n) is 18.8. The van der Waals surface area contributed by atoms with E-state index in [0.717, 1.165) is 56.6 Å². The molecule has 2 aromatic carbocycles. The fourth-order valence-corrected chi connectivity index (χ4v) is 3.99. The van der Waals surface area contributed by atoms with Crippen molar-refractivity contribution in [2.24, 2.45) is 4.99 Å². The van der Waals surface area contributed by atoms with Crippen LogP contribution in [0, 0.1) is 6.92 Å². The van der Waals surface area contributed by atoms with Gasteiger partial charge in [0.2, 0.25) is 0 Å². The highest BCUT2D eigenvalue weighted by Crippen LogP contribution is 2.24. The number of guanidine groups is 1. The van der Waals surface area contributed by atoms with Gasteiger partial charge >= 0.3 is 0 Å². The number of aryl methyl sites for hydroxylation is 1. The van der Waals surface area contributed by atoms with Crippen molar-refractivity contribution in [3.63, 3.8) is 0 Å². The Kier molecular flexibility index (Phi) is 6.89. The van der Waals surface area contributed by atoms with E-state index in [1.807, 2.05) is 18.2 Å². The van der Waals surface area contributed by atoms with Gasteiger partial charge in [0.25, 0.3) is 0 Å². The van der Waals surface area contributed by atoms with Gasteiger partial charge in [0.1, 0.15) is 11.3 Å². The van der Waals surface area contributed by atoms with Crippen molar-refractivity contribution >= 4 is 16.9 Å². The highest BCUT2D eigenvalue weighted by Gasteiger charge is 2.14. The number of rotatable bonds is 6. The van der Waals surface area contributed by atoms with Crippen molar-refractivity contribution in [2.75, 3.05) is 40.3 Å². The second-order valence-corrected chi connectivity index (χ2v) is 8.32. The van der Waals surface area contributed by atoms with E-state index in [9.17, 15) is 0 Å². The largest absolute Gasteiger partial charge is 0.459 e. The first kappa shape index (κ1) is 21.4. The van der Waals surface area contributed by atoms with Crippen LogP contribution in [0.1, 0.15) is 22.5 Å². The summed E-state index contributed by atoms with van der Waals surface area (Å²) in [7, 11) is 3.99. The van der Waals surface area contributed by atoms with E-state index in [0.29, 0.717) is 6.54 Å². The molecule has 0 unspecified atom stereocenters.